The second kappa shape index (κ2) is 10.1. The van der Waals surface area contributed by atoms with E-state index < -0.39 is 0 Å². The van der Waals surface area contributed by atoms with Crippen LogP contribution in [0.15, 0.2) is 59.8 Å². The van der Waals surface area contributed by atoms with E-state index in [1.807, 2.05) is 30.3 Å². The van der Waals surface area contributed by atoms with E-state index in [-0.39, 0.29) is 0 Å². The minimum Gasteiger partial charge on any atom is -0.486 e. The van der Waals surface area contributed by atoms with Gasteiger partial charge in [-0.15, -0.1) is 10.2 Å². The average molecular weight is 429 g/mol. The Balaban J connectivity index is 1.45. The van der Waals surface area contributed by atoms with Gasteiger partial charge >= 0.3 is 0 Å². The molecular formula is C22H25ClN4OS. The highest BCUT2D eigenvalue weighted by Crippen LogP contribution is 2.22. The van der Waals surface area contributed by atoms with Gasteiger partial charge < -0.3 is 9.64 Å². The van der Waals surface area contributed by atoms with Gasteiger partial charge in [-0.1, -0.05) is 53.7 Å². The lowest BCUT2D eigenvalue weighted by Gasteiger charge is -2.14. The van der Waals surface area contributed by atoms with Crippen LogP contribution in [-0.2, 0) is 13.2 Å². The number of likely N-dealkylation sites (tertiary alicyclic amines) is 1. The van der Waals surface area contributed by atoms with Gasteiger partial charge in [0.25, 0.3) is 0 Å². The van der Waals surface area contributed by atoms with Gasteiger partial charge in [-0.05, 0) is 55.8 Å². The average Bonchev–Trinajstić information content (AvgIpc) is 3.39. The molecule has 0 saturated carbocycles. The second-order valence-electron chi connectivity index (χ2n) is 7.11. The molecule has 1 fully saturated rings. The summed E-state index contributed by atoms with van der Waals surface area (Å²) in [5.74, 6) is 2.62. The molecule has 1 saturated heterocycles. The zero-order valence-corrected chi connectivity index (χ0v) is 17.9. The number of halogens is 1. The van der Waals surface area contributed by atoms with Crippen molar-refractivity contribution in [3.05, 3.63) is 71.0 Å². The second-order valence-corrected chi connectivity index (χ2v) is 8.61. The third kappa shape index (κ3) is 5.75. The zero-order chi connectivity index (χ0) is 19.9. The Kier molecular flexibility index (Phi) is 7.09. The maximum atomic E-state index is 5.95. The van der Waals surface area contributed by atoms with Gasteiger partial charge in [0.05, 0.1) is 6.54 Å². The van der Waals surface area contributed by atoms with Crippen molar-refractivity contribution in [3.63, 3.8) is 0 Å². The molecule has 2 heterocycles. The topological polar surface area (TPSA) is 43.2 Å². The number of aromatic nitrogens is 3. The Bertz CT molecular complexity index is 895. The molecule has 0 amide bonds. The largest absolute Gasteiger partial charge is 0.486 e. The van der Waals surface area contributed by atoms with Crippen LogP contribution < -0.4 is 4.74 Å². The number of hydrogen-bond acceptors (Lipinski definition) is 5. The number of benzene rings is 2. The predicted molar refractivity (Wildman–Crippen MR) is 118 cm³/mol. The third-order valence-electron chi connectivity index (χ3n) is 5.00. The van der Waals surface area contributed by atoms with E-state index in [0.29, 0.717) is 11.6 Å². The SMILES string of the molecule is Clc1ccc(OCc2nnc(SCCN3CCCC3)n2Cc2ccccc2)cc1. The highest BCUT2D eigenvalue weighted by molar-refractivity contribution is 7.99. The molecule has 7 heteroatoms. The Morgan fingerprint density at radius 3 is 2.48 bits per heavy atom. The molecule has 0 bridgehead atoms. The van der Waals surface area contributed by atoms with Crippen LogP contribution in [0.2, 0.25) is 5.02 Å². The van der Waals surface area contributed by atoms with E-state index in [2.05, 4.69) is 43.9 Å². The van der Waals surface area contributed by atoms with Crippen molar-refractivity contribution >= 4 is 23.4 Å². The van der Waals surface area contributed by atoms with Crippen molar-refractivity contribution in [2.75, 3.05) is 25.4 Å². The summed E-state index contributed by atoms with van der Waals surface area (Å²) in [7, 11) is 0. The monoisotopic (exact) mass is 428 g/mol. The van der Waals surface area contributed by atoms with Crippen LogP contribution in [0.5, 0.6) is 5.75 Å². The number of ether oxygens (including phenoxy) is 1. The molecule has 1 aliphatic heterocycles. The highest BCUT2D eigenvalue weighted by atomic mass is 35.5. The highest BCUT2D eigenvalue weighted by Gasteiger charge is 2.16. The first-order chi connectivity index (χ1) is 14.3. The number of thioether (sulfide) groups is 1. The van der Waals surface area contributed by atoms with E-state index in [0.717, 1.165) is 35.6 Å². The summed E-state index contributed by atoms with van der Waals surface area (Å²) in [4.78, 5) is 2.52. The Morgan fingerprint density at radius 1 is 0.966 bits per heavy atom. The van der Waals surface area contributed by atoms with E-state index in [1.54, 1.807) is 11.8 Å². The first-order valence-electron chi connectivity index (χ1n) is 9.97. The molecule has 0 unspecified atom stereocenters. The number of rotatable bonds is 9. The van der Waals surface area contributed by atoms with Gasteiger partial charge in [-0.2, -0.15) is 0 Å². The van der Waals surface area contributed by atoms with Crippen molar-refractivity contribution in [3.8, 4) is 5.75 Å². The van der Waals surface area contributed by atoms with Crippen molar-refractivity contribution in [2.45, 2.75) is 31.1 Å². The summed E-state index contributed by atoms with van der Waals surface area (Å²) in [6.07, 6.45) is 2.64. The molecule has 0 N–H and O–H groups in total. The maximum Gasteiger partial charge on any atom is 0.191 e. The summed E-state index contributed by atoms with van der Waals surface area (Å²) < 4.78 is 8.09. The van der Waals surface area contributed by atoms with Gasteiger partial charge in [-0.25, -0.2) is 0 Å². The molecule has 0 radical (unpaired) electrons. The first-order valence-corrected chi connectivity index (χ1v) is 11.3. The fourth-order valence-electron chi connectivity index (χ4n) is 3.41. The first kappa shape index (κ1) is 20.3. The van der Waals surface area contributed by atoms with E-state index in [9.17, 15) is 0 Å². The zero-order valence-electron chi connectivity index (χ0n) is 16.3. The summed E-state index contributed by atoms with van der Waals surface area (Å²) in [5, 5.41) is 10.5. The molecule has 0 aliphatic carbocycles. The molecule has 152 valence electrons. The Hall–Kier alpha value is -2.02. The van der Waals surface area contributed by atoms with Gasteiger partial charge in [0.1, 0.15) is 12.4 Å². The molecule has 4 rings (SSSR count). The molecule has 1 aromatic heterocycles. The summed E-state index contributed by atoms with van der Waals surface area (Å²) >= 11 is 7.73. The van der Waals surface area contributed by atoms with Crippen molar-refractivity contribution < 1.29 is 4.74 Å². The van der Waals surface area contributed by atoms with E-state index >= 15 is 0 Å². The van der Waals surface area contributed by atoms with Crippen LogP contribution in [-0.4, -0.2) is 45.1 Å². The maximum absolute atomic E-state index is 5.95. The minimum atomic E-state index is 0.369. The van der Waals surface area contributed by atoms with E-state index in [4.69, 9.17) is 16.3 Å². The van der Waals surface area contributed by atoms with Crippen molar-refractivity contribution in [1.82, 2.24) is 19.7 Å². The molecule has 0 spiro atoms. The quantitative estimate of drug-likeness (QED) is 0.460. The lowest BCUT2D eigenvalue weighted by atomic mass is 10.2. The van der Waals surface area contributed by atoms with Gasteiger partial charge in [-0.3, -0.25) is 4.57 Å². The van der Waals surface area contributed by atoms with Crippen LogP contribution in [0.25, 0.3) is 0 Å². The predicted octanol–water partition coefficient (Wildman–Crippen LogP) is 4.75. The summed E-state index contributed by atoms with van der Waals surface area (Å²) in [5.41, 5.74) is 1.22. The number of nitrogens with zero attached hydrogens (tertiary/aromatic N) is 4. The molecule has 5 nitrogen and oxygen atoms in total. The van der Waals surface area contributed by atoms with Gasteiger partial charge in [0, 0.05) is 17.3 Å². The fraction of sp³-hybridized carbons (Fsp3) is 0.364. The lowest BCUT2D eigenvalue weighted by molar-refractivity contribution is 0.289. The van der Waals surface area contributed by atoms with Crippen LogP contribution in [0.1, 0.15) is 24.2 Å². The van der Waals surface area contributed by atoms with Crippen molar-refractivity contribution in [2.24, 2.45) is 0 Å². The summed E-state index contributed by atoms with van der Waals surface area (Å²) in [6, 6.07) is 17.8. The smallest absolute Gasteiger partial charge is 0.191 e. The number of hydrogen-bond donors (Lipinski definition) is 0. The van der Waals surface area contributed by atoms with Crippen LogP contribution in [0.4, 0.5) is 0 Å². The molecular weight excluding hydrogens is 404 g/mol. The fourth-order valence-corrected chi connectivity index (χ4v) is 4.49. The Morgan fingerprint density at radius 2 is 1.72 bits per heavy atom. The molecule has 2 aromatic carbocycles. The normalized spacial score (nSPS) is 14.4. The van der Waals surface area contributed by atoms with Crippen molar-refractivity contribution in [1.29, 1.82) is 0 Å². The molecule has 29 heavy (non-hydrogen) atoms. The van der Waals surface area contributed by atoms with Gasteiger partial charge in [0.15, 0.2) is 11.0 Å². The van der Waals surface area contributed by atoms with Crippen LogP contribution in [0, 0.1) is 0 Å². The molecule has 1 aliphatic rings. The Labute approximate surface area is 181 Å². The third-order valence-corrected chi connectivity index (χ3v) is 6.19. The molecule has 3 aromatic rings. The standard InChI is InChI=1S/C22H25ClN4OS/c23-19-8-10-20(11-9-19)28-17-21-24-25-22(29-15-14-26-12-4-5-13-26)27(21)16-18-6-2-1-3-7-18/h1-3,6-11H,4-5,12-17H2. The van der Waals surface area contributed by atoms with Gasteiger partial charge in [0.2, 0.25) is 0 Å². The van der Waals surface area contributed by atoms with Crippen LogP contribution in [0.3, 0.4) is 0 Å². The van der Waals surface area contributed by atoms with Crippen LogP contribution >= 0.6 is 23.4 Å². The van der Waals surface area contributed by atoms with E-state index in [1.165, 1.54) is 31.5 Å². The minimum absolute atomic E-state index is 0.369. The summed E-state index contributed by atoms with van der Waals surface area (Å²) in [6.45, 7) is 4.64. The molecule has 0 atom stereocenters. The lowest BCUT2D eigenvalue weighted by Crippen LogP contribution is -2.22.